The van der Waals surface area contributed by atoms with E-state index in [-0.39, 0.29) is 11.9 Å². The molecule has 1 aromatic heterocycles. The fourth-order valence-corrected chi connectivity index (χ4v) is 3.54. The van der Waals surface area contributed by atoms with E-state index in [0.29, 0.717) is 12.3 Å². The highest BCUT2D eigenvalue weighted by molar-refractivity contribution is 7.07. The van der Waals surface area contributed by atoms with Crippen molar-refractivity contribution >= 4 is 17.2 Å². The van der Waals surface area contributed by atoms with Crippen LogP contribution in [-0.4, -0.2) is 5.91 Å². The van der Waals surface area contributed by atoms with E-state index in [9.17, 15) is 4.79 Å². The number of amides is 1. The molecule has 118 valence electrons. The highest BCUT2D eigenvalue weighted by Crippen LogP contribution is 2.27. The van der Waals surface area contributed by atoms with Gasteiger partial charge in [-0.15, -0.1) is 0 Å². The number of thiophene rings is 1. The van der Waals surface area contributed by atoms with Crippen molar-refractivity contribution in [2.24, 2.45) is 5.92 Å². The maximum Gasteiger partial charge on any atom is 0.220 e. The molecule has 0 aliphatic carbocycles. The Kier molecular flexibility index (Phi) is 6.66. The van der Waals surface area contributed by atoms with Gasteiger partial charge in [0.25, 0.3) is 0 Å². The number of benzene rings is 1. The molecule has 2 rings (SSSR count). The number of nitrogens with one attached hydrogen (secondary N) is 1. The number of rotatable bonds is 8. The Balaban J connectivity index is 2.01. The Labute approximate surface area is 137 Å². The van der Waals surface area contributed by atoms with Gasteiger partial charge in [0.1, 0.15) is 0 Å². The Bertz CT molecular complexity index is 546. The fraction of sp³-hybridized carbons (Fsp3) is 0.421. The predicted molar refractivity (Wildman–Crippen MR) is 94.0 cm³/mol. The minimum absolute atomic E-state index is 0.117. The molecule has 22 heavy (non-hydrogen) atoms. The average Bonchev–Trinajstić information content (AvgIpc) is 3.07. The summed E-state index contributed by atoms with van der Waals surface area (Å²) in [5.41, 5.74) is 2.46. The first-order valence-corrected chi connectivity index (χ1v) is 9.04. The van der Waals surface area contributed by atoms with Crippen molar-refractivity contribution in [3.8, 4) is 0 Å². The minimum atomic E-state index is 0.117. The third-order valence-electron chi connectivity index (χ3n) is 4.22. The van der Waals surface area contributed by atoms with Gasteiger partial charge in [0, 0.05) is 6.42 Å². The molecule has 0 aliphatic heterocycles. The average molecular weight is 315 g/mol. The van der Waals surface area contributed by atoms with Crippen molar-refractivity contribution in [1.82, 2.24) is 5.32 Å². The van der Waals surface area contributed by atoms with Crippen LogP contribution in [0.3, 0.4) is 0 Å². The number of carbonyl (C=O) groups is 1. The summed E-state index contributed by atoms with van der Waals surface area (Å²) in [6, 6.07) is 12.5. The van der Waals surface area contributed by atoms with Crippen LogP contribution in [0.1, 0.15) is 50.3 Å². The van der Waals surface area contributed by atoms with Gasteiger partial charge in [0.05, 0.1) is 6.04 Å². The summed E-state index contributed by atoms with van der Waals surface area (Å²) in [5, 5.41) is 7.44. The Morgan fingerprint density at radius 3 is 2.45 bits per heavy atom. The highest BCUT2D eigenvalue weighted by atomic mass is 32.1. The SMILES string of the molecule is CCC(CC)C(NC(=O)CCc1ccsc1)c1ccccc1. The van der Waals surface area contributed by atoms with Gasteiger partial charge in [-0.2, -0.15) is 11.3 Å². The lowest BCUT2D eigenvalue weighted by atomic mass is 9.88. The standard InChI is InChI=1S/C19H25NOS/c1-3-16(4-2)19(17-8-6-5-7-9-17)20-18(21)11-10-15-12-13-22-14-15/h5-9,12-14,16,19H,3-4,10-11H2,1-2H3,(H,20,21). The van der Waals surface area contributed by atoms with Crippen LogP contribution in [0.4, 0.5) is 0 Å². The van der Waals surface area contributed by atoms with Crippen molar-refractivity contribution in [2.45, 2.75) is 45.6 Å². The van der Waals surface area contributed by atoms with Gasteiger partial charge in [-0.25, -0.2) is 0 Å². The maximum absolute atomic E-state index is 12.4. The van der Waals surface area contributed by atoms with E-state index in [0.717, 1.165) is 19.3 Å². The summed E-state index contributed by atoms with van der Waals surface area (Å²) in [6.45, 7) is 4.39. The molecule has 1 aromatic carbocycles. The van der Waals surface area contributed by atoms with Crippen LogP contribution in [0, 0.1) is 5.92 Å². The molecule has 2 aromatic rings. The summed E-state index contributed by atoms with van der Waals surface area (Å²) >= 11 is 1.68. The molecule has 0 aliphatic rings. The van der Waals surface area contributed by atoms with Crippen LogP contribution >= 0.6 is 11.3 Å². The largest absolute Gasteiger partial charge is 0.349 e. The Hall–Kier alpha value is -1.61. The molecule has 1 atom stereocenters. The van der Waals surface area contributed by atoms with E-state index in [1.54, 1.807) is 11.3 Å². The molecule has 0 saturated carbocycles. The molecular weight excluding hydrogens is 290 g/mol. The highest BCUT2D eigenvalue weighted by Gasteiger charge is 2.22. The van der Waals surface area contributed by atoms with Gasteiger partial charge in [-0.1, -0.05) is 57.0 Å². The van der Waals surface area contributed by atoms with E-state index < -0.39 is 0 Å². The monoisotopic (exact) mass is 315 g/mol. The van der Waals surface area contributed by atoms with Crippen LogP contribution in [-0.2, 0) is 11.2 Å². The van der Waals surface area contributed by atoms with E-state index in [4.69, 9.17) is 0 Å². The lowest BCUT2D eigenvalue weighted by Gasteiger charge is -2.27. The minimum Gasteiger partial charge on any atom is -0.349 e. The molecule has 3 heteroatoms. The van der Waals surface area contributed by atoms with Gasteiger partial charge < -0.3 is 5.32 Å². The molecule has 0 spiro atoms. The van der Waals surface area contributed by atoms with Crippen LogP contribution in [0.15, 0.2) is 47.2 Å². The van der Waals surface area contributed by atoms with Gasteiger partial charge in [0.15, 0.2) is 0 Å². The van der Waals surface area contributed by atoms with Crippen LogP contribution in [0.5, 0.6) is 0 Å². The van der Waals surface area contributed by atoms with E-state index >= 15 is 0 Å². The zero-order valence-electron chi connectivity index (χ0n) is 13.4. The summed E-state index contributed by atoms with van der Waals surface area (Å²) in [5.74, 6) is 0.624. The van der Waals surface area contributed by atoms with Crippen LogP contribution < -0.4 is 5.32 Å². The van der Waals surface area contributed by atoms with Crippen LogP contribution in [0.25, 0.3) is 0 Å². The van der Waals surface area contributed by atoms with E-state index in [2.05, 4.69) is 48.1 Å². The Morgan fingerprint density at radius 1 is 1.14 bits per heavy atom. The molecule has 1 heterocycles. The van der Waals surface area contributed by atoms with Crippen molar-refractivity contribution in [2.75, 3.05) is 0 Å². The molecular formula is C19H25NOS. The third kappa shape index (κ3) is 4.70. The first kappa shape index (κ1) is 16.8. The van der Waals surface area contributed by atoms with Gasteiger partial charge >= 0.3 is 0 Å². The molecule has 1 unspecified atom stereocenters. The molecule has 0 bridgehead atoms. The fourth-order valence-electron chi connectivity index (χ4n) is 2.83. The molecule has 0 saturated heterocycles. The smallest absolute Gasteiger partial charge is 0.220 e. The quantitative estimate of drug-likeness (QED) is 0.732. The van der Waals surface area contributed by atoms with Crippen molar-refractivity contribution in [1.29, 1.82) is 0 Å². The van der Waals surface area contributed by atoms with Crippen molar-refractivity contribution in [3.05, 3.63) is 58.3 Å². The zero-order chi connectivity index (χ0) is 15.8. The second-order valence-corrected chi connectivity index (χ2v) is 6.44. The first-order valence-electron chi connectivity index (χ1n) is 8.10. The molecule has 0 fully saturated rings. The number of hydrogen-bond donors (Lipinski definition) is 1. The first-order chi connectivity index (χ1) is 10.7. The zero-order valence-corrected chi connectivity index (χ0v) is 14.2. The summed E-state index contributed by atoms with van der Waals surface area (Å²) in [6.07, 6.45) is 3.52. The number of carbonyl (C=O) groups excluding carboxylic acids is 1. The van der Waals surface area contributed by atoms with Crippen molar-refractivity contribution < 1.29 is 4.79 Å². The van der Waals surface area contributed by atoms with Crippen LogP contribution in [0.2, 0.25) is 0 Å². The van der Waals surface area contributed by atoms with Crippen molar-refractivity contribution in [3.63, 3.8) is 0 Å². The summed E-state index contributed by atoms with van der Waals surface area (Å²) in [4.78, 5) is 12.4. The lowest BCUT2D eigenvalue weighted by molar-refractivity contribution is -0.122. The molecule has 1 N–H and O–H groups in total. The molecule has 1 amide bonds. The topological polar surface area (TPSA) is 29.1 Å². The molecule has 0 radical (unpaired) electrons. The summed E-state index contributed by atoms with van der Waals surface area (Å²) < 4.78 is 0. The lowest BCUT2D eigenvalue weighted by Crippen LogP contribution is -2.33. The third-order valence-corrected chi connectivity index (χ3v) is 4.95. The number of aryl methyl sites for hydroxylation is 1. The second kappa shape index (κ2) is 8.74. The van der Waals surface area contributed by atoms with E-state index in [1.807, 2.05) is 18.2 Å². The predicted octanol–water partition coefficient (Wildman–Crippen LogP) is 4.97. The molecule has 2 nitrogen and oxygen atoms in total. The van der Waals surface area contributed by atoms with E-state index in [1.165, 1.54) is 11.1 Å². The normalized spacial score (nSPS) is 12.3. The second-order valence-electron chi connectivity index (χ2n) is 5.66. The summed E-state index contributed by atoms with van der Waals surface area (Å²) in [7, 11) is 0. The number of hydrogen-bond acceptors (Lipinski definition) is 2. The Morgan fingerprint density at radius 2 is 1.86 bits per heavy atom. The maximum atomic E-state index is 12.4. The van der Waals surface area contributed by atoms with Gasteiger partial charge in [-0.3, -0.25) is 4.79 Å². The van der Waals surface area contributed by atoms with Gasteiger partial charge in [-0.05, 0) is 40.3 Å². The van der Waals surface area contributed by atoms with Gasteiger partial charge in [0.2, 0.25) is 5.91 Å².